The Labute approximate surface area is 158 Å². The Kier molecular flexibility index (Phi) is 5.15. The van der Waals surface area contributed by atoms with Crippen LogP contribution in [0, 0.1) is 12.8 Å². The van der Waals surface area contributed by atoms with E-state index in [0.29, 0.717) is 10.7 Å². The highest BCUT2D eigenvalue weighted by atomic mass is 35.5. The molecule has 0 aromatic heterocycles. The van der Waals surface area contributed by atoms with E-state index in [2.05, 4.69) is 5.32 Å². The highest BCUT2D eigenvalue weighted by molar-refractivity contribution is 6.31. The molecule has 4 nitrogen and oxygen atoms in total. The minimum Gasteiger partial charge on any atom is -0.326 e. The maximum Gasteiger partial charge on any atom is 0.416 e. The molecule has 1 N–H and O–H groups in total. The number of benzene rings is 2. The first-order valence-electron chi connectivity index (χ1n) is 8.20. The van der Waals surface area contributed by atoms with Crippen LogP contribution in [0.15, 0.2) is 42.5 Å². The second-order valence-corrected chi connectivity index (χ2v) is 6.81. The Balaban J connectivity index is 1.73. The summed E-state index contributed by atoms with van der Waals surface area (Å²) in [4.78, 5) is 25.9. The summed E-state index contributed by atoms with van der Waals surface area (Å²) in [5.41, 5.74) is 0.653. The smallest absolute Gasteiger partial charge is 0.326 e. The highest BCUT2D eigenvalue weighted by Gasteiger charge is 2.37. The summed E-state index contributed by atoms with van der Waals surface area (Å²) in [5, 5.41) is 3.20. The first-order chi connectivity index (χ1) is 12.6. The predicted molar refractivity (Wildman–Crippen MR) is 96.7 cm³/mol. The molecule has 3 rings (SSSR count). The molecule has 1 fully saturated rings. The molecule has 142 valence electrons. The van der Waals surface area contributed by atoms with Gasteiger partial charge in [-0.3, -0.25) is 9.59 Å². The fourth-order valence-corrected chi connectivity index (χ4v) is 3.08. The molecule has 1 atom stereocenters. The van der Waals surface area contributed by atoms with Crippen LogP contribution < -0.4 is 10.2 Å². The number of amides is 2. The van der Waals surface area contributed by atoms with Crippen LogP contribution in [0.2, 0.25) is 5.02 Å². The molecule has 0 bridgehead atoms. The lowest BCUT2D eigenvalue weighted by molar-refractivity contribution is -0.137. The normalized spacial score (nSPS) is 17.3. The maximum atomic E-state index is 12.9. The fourth-order valence-electron chi connectivity index (χ4n) is 2.90. The van der Waals surface area contributed by atoms with Crippen LogP contribution in [-0.2, 0) is 15.8 Å². The molecule has 1 aliphatic rings. The molecule has 0 spiro atoms. The lowest BCUT2D eigenvalue weighted by atomic mass is 10.1. The zero-order valence-electron chi connectivity index (χ0n) is 14.3. The number of aryl methyl sites for hydroxylation is 1. The highest BCUT2D eigenvalue weighted by Crippen LogP contribution is 2.33. The van der Waals surface area contributed by atoms with Crippen molar-refractivity contribution in [3.63, 3.8) is 0 Å². The van der Waals surface area contributed by atoms with Crippen molar-refractivity contribution in [2.45, 2.75) is 19.5 Å². The number of rotatable bonds is 3. The van der Waals surface area contributed by atoms with Gasteiger partial charge < -0.3 is 10.2 Å². The summed E-state index contributed by atoms with van der Waals surface area (Å²) >= 11 is 6.03. The summed E-state index contributed by atoms with van der Waals surface area (Å²) in [6, 6.07) is 9.58. The molecule has 2 amide bonds. The third kappa shape index (κ3) is 4.24. The molecule has 0 aliphatic carbocycles. The first-order valence-corrected chi connectivity index (χ1v) is 8.57. The van der Waals surface area contributed by atoms with Crippen molar-refractivity contribution in [3.8, 4) is 0 Å². The van der Waals surface area contributed by atoms with Crippen molar-refractivity contribution in [1.29, 1.82) is 0 Å². The van der Waals surface area contributed by atoms with Crippen LogP contribution in [0.3, 0.4) is 0 Å². The Morgan fingerprint density at radius 3 is 2.63 bits per heavy atom. The molecule has 0 saturated carbocycles. The van der Waals surface area contributed by atoms with Gasteiger partial charge in [0.2, 0.25) is 11.8 Å². The monoisotopic (exact) mass is 396 g/mol. The van der Waals surface area contributed by atoms with Crippen molar-refractivity contribution in [1.82, 2.24) is 0 Å². The molecule has 1 aliphatic heterocycles. The molecule has 1 heterocycles. The second kappa shape index (κ2) is 7.23. The SMILES string of the molecule is Cc1ccc(NC(=O)[C@@H]2CC(=O)N(c3cccc(C(F)(F)F)c3)C2)cc1Cl. The number of nitrogens with zero attached hydrogens (tertiary/aromatic N) is 1. The van der Waals surface area contributed by atoms with Crippen molar-refractivity contribution < 1.29 is 22.8 Å². The van der Waals surface area contributed by atoms with Gasteiger partial charge in [0.05, 0.1) is 11.5 Å². The van der Waals surface area contributed by atoms with Gasteiger partial charge in [0.15, 0.2) is 0 Å². The Morgan fingerprint density at radius 1 is 1.22 bits per heavy atom. The Hall–Kier alpha value is -2.54. The maximum absolute atomic E-state index is 12.9. The zero-order chi connectivity index (χ0) is 19.8. The van der Waals surface area contributed by atoms with E-state index in [0.717, 1.165) is 17.7 Å². The van der Waals surface area contributed by atoms with Gasteiger partial charge in [-0.1, -0.05) is 23.7 Å². The lowest BCUT2D eigenvalue weighted by Gasteiger charge is -2.18. The summed E-state index contributed by atoms with van der Waals surface area (Å²) in [6.07, 6.45) is -4.57. The molecule has 2 aromatic rings. The van der Waals surface area contributed by atoms with E-state index in [1.165, 1.54) is 17.0 Å². The fraction of sp³-hybridized carbons (Fsp3) is 0.263. The summed E-state index contributed by atoms with van der Waals surface area (Å²) < 4.78 is 38.6. The van der Waals surface area contributed by atoms with E-state index >= 15 is 0 Å². The van der Waals surface area contributed by atoms with Gasteiger partial charge in [0.1, 0.15) is 0 Å². The van der Waals surface area contributed by atoms with E-state index < -0.39 is 23.6 Å². The van der Waals surface area contributed by atoms with Crippen LogP contribution in [0.1, 0.15) is 17.5 Å². The summed E-state index contributed by atoms with van der Waals surface area (Å²) in [6.45, 7) is 1.85. The van der Waals surface area contributed by atoms with Gasteiger partial charge in [-0.15, -0.1) is 0 Å². The van der Waals surface area contributed by atoms with Crippen LogP contribution >= 0.6 is 11.6 Å². The second-order valence-electron chi connectivity index (χ2n) is 6.41. The van der Waals surface area contributed by atoms with Gasteiger partial charge in [0, 0.05) is 29.4 Å². The topological polar surface area (TPSA) is 49.4 Å². The Bertz CT molecular complexity index is 899. The minimum atomic E-state index is -4.50. The van der Waals surface area contributed by atoms with Gasteiger partial charge in [-0.05, 0) is 42.8 Å². The van der Waals surface area contributed by atoms with Crippen LogP contribution in [0.25, 0.3) is 0 Å². The van der Waals surface area contributed by atoms with Gasteiger partial charge >= 0.3 is 6.18 Å². The predicted octanol–water partition coefficient (Wildman–Crippen LogP) is 4.66. The van der Waals surface area contributed by atoms with Gasteiger partial charge in [0.25, 0.3) is 0 Å². The first kappa shape index (κ1) is 19.2. The van der Waals surface area contributed by atoms with Crippen LogP contribution in [0.4, 0.5) is 24.5 Å². The zero-order valence-corrected chi connectivity index (χ0v) is 15.1. The number of hydrogen-bond donors (Lipinski definition) is 1. The van der Waals surface area contributed by atoms with Gasteiger partial charge in [-0.2, -0.15) is 13.2 Å². The lowest BCUT2D eigenvalue weighted by Crippen LogP contribution is -2.28. The van der Waals surface area contributed by atoms with Crippen molar-refractivity contribution >= 4 is 34.8 Å². The third-order valence-electron chi connectivity index (χ3n) is 4.42. The minimum absolute atomic E-state index is 0.0194. The van der Waals surface area contributed by atoms with E-state index in [1.807, 2.05) is 6.92 Å². The summed E-state index contributed by atoms with van der Waals surface area (Å²) in [5.74, 6) is -1.43. The number of anilines is 2. The number of alkyl halides is 3. The number of carbonyl (C=O) groups excluding carboxylic acids is 2. The summed E-state index contributed by atoms with van der Waals surface area (Å²) in [7, 11) is 0. The van der Waals surface area contributed by atoms with E-state index in [-0.39, 0.29) is 24.6 Å². The molecule has 2 aromatic carbocycles. The largest absolute Gasteiger partial charge is 0.416 e. The molecular formula is C19H16ClF3N2O2. The quantitative estimate of drug-likeness (QED) is 0.820. The number of hydrogen-bond acceptors (Lipinski definition) is 2. The molecule has 8 heteroatoms. The van der Waals surface area contributed by atoms with E-state index in [1.54, 1.807) is 18.2 Å². The van der Waals surface area contributed by atoms with Gasteiger partial charge in [-0.25, -0.2) is 0 Å². The standard InChI is InChI=1S/C19H16ClF3N2O2/c1-11-5-6-14(9-16(11)20)24-18(27)12-7-17(26)25(10-12)15-4-2-3-13(8-15)19(21,22)23/h2-6,8-9,12H,7,10H2,1H3,(H,24,27)/t12-/m1/s1. The van der Waals surface area contributed by atoms with E-state index in [9.17, 15) is 22.8 Å². The van der Waals surface area contributed by atoms with E-state index in [4.69, 9.17) is 11.6 Å². The molecule has 1 saturated heterocycles. The number of halogens is 4. The molecule has 0 radical (unpaired) electrons. The van der Waals surface area contributed by atoms with Crippen molar-refractivity contribution in [2.24, 2.45) is 5.92 Å². The van der Waals surface area contributed by atoms with Crippen LogP contribution in [-0.4, -0.2) is 18.4 Å². The molecule has 27 heavy (non-hydrogen) atoms. The van der Waals surface area contributed by atoms with Crippen LogP contribution in [0.5, 0.6) is 0 Å². The number of carbonyl (C=O) groups is 2. The Morgan fingerprint density at radius 2 is 1.96 bits per heavy atom. The average molecular weight is 397 g/mol. The van der Waals surface area contributed by atoms with Crippen molar-refractivity contribution in [2.75, 3.05) is 16.8 Å². The number of nitrogens with one attached hydrogen (secondary N) is 1. The molecular weight excluding hydrogens is 381 g/mol. The third-order valence-corrected chi connectivity index (χ3v) is 4.83. The molecule has 0 unspecified atom stereocenters. The van der Waals surface area contributed by atoms with Crippen molar-refractivity contribution in [3.05, 3.63) is 58.6 Å². The average Bonchev–Trinajstić information content (AvgIpc) is 2.99.